The lowest BCUT2D eigenvalue weighted by molar-refractivity contribution is -0.142. The number of alkyl halides is 2. The molecule has 0 unspecified atom stereocenters. The first-order valence-corrected chi connectivity index (χ1v) is 4.91. The summed E-state index contributed by atoms with van der Waals surface area (Å²) in [7, 11) is 0. The summed E-state index contributed by atoms with van der Waals surface area (Å²) in [5.41, 5.74) is 3.66. The second kappa shape index (κ2) is 5.42. The summed E-state index contributed by atoms with van der Waals surface area (Å²) in [6.07, 6.45) is -2.40. The van der Waals surface area contributed by atoms with E-state index in [9.17, 15) is 18.4 Å². The highest BCUT2D eigenvalue weighted by atomic mass is 19.3. The Morgan fingerprint density at radius 3 is 2.76 bits per heavy atom. The van der Waals surface area contributed by atoms with Crippen LogP contribution < -0.4 is 11.3 Å². The van der Waals surface area contributed by atoms with Gasteiger partial charge in [-0.05, 0) is 6.92 Å². The van der Waals surface area contributed by atoms with Crippen LogP contribution in [0.15, 0.2) is 11.0 Å². The van der Waals surface area contributed by atoms with Crippen molar-refractivity contribution in [3.8, 4) is 0 Å². The van der Waals surface area contributed by atoms with Crippen LogP contribution in [0.25, 0.3) is 0 Å². The smallest absolute Gasteiger partial charge is 0.310 e. The van der Waals surface area contributed by atoms with Gasteiger partial charge >= 0.3 is 5.97 Å². The van der Waals surface area contributed by atoms with Gasteiger partial charge in [-0.2, -0.15) is 0 Å². The van der Waals surface area contributed by atoms with Crippen molar-refractivity contribution in [3.63, 3.8) is 0 Å². The fourth-order valence-corrected chi connectivity index (χ4v) is 1.35. The second-order valence-electron chi connectivity index (χ2n) is 3.25. The molecule has 0 aromatic carbocycles. The zero-order valence-corrected chi connectivity index (χ0v) is 9.13. The standard InChI is InChI=1S/C10H12F2N2O3/c1-2-17-7(15)3-5-6(9(11)12)4-14-10(16)8(5)13/h4,9H,2-3,13H2,1H3,(H,14,16). The van der Waals surface area contributed by atoms with Crippen LogP contribution in [-0.2, 0) is 16.0 Å². The molecule has 0 bridgehead atoms. The van der Waals surface area contributed by atoms with Crippen molar-refractivity contribution >= 4 is 11.7 Å². The molecule has 0 amide bonds. The van der Waals surface area contributed by atoms with Crippen LogP contribution in [0.3, 0.4) is 0 Å². The average molecular weight is 246 g/mol. The zero-order valence-electron chi connectivity index (χ0n) is 9.13. The Balaban J connectivity index is 3.15. The molecule has 1 aromatic heterocycles. The molecular weight excluding hydrogens is 234 g/mol. The van der Waals surface area contributed by atoms with Crippen LogP contribution >= 0.6 is 0 Å². The van der Waals surface area contributed by atoms with Gasteiger partial charge in [0.2, 0.25) is 0 Å². The number of halogens is 2. The van der Waals surface area contributed by atoms with E-state index in [-0.39, 0.29) is 17.9 Å². The van der Waals surface area contributed by atoms with E-state index in [0.29, 0.717) is 0 Å². The van der Waals surface area contributed by atoms with E-state index >= 15 is 0 Å². The lowest BCUT2D eigenvalue weighted by Gasteiger charge is -2.10. The normalized spacial score (nSPS) is 10.6. The maximum Gasteiger partial charge on any atom is 0.310 e. The number of H-pyrrole nitrogens is 1. The van der Waals surface area contributed by atoms with E-state index in [2.05, 4.69) is 9.72 Å². The van der Waals surface area contributed by atoms with Gasteiger partial charge in [0.25, 0.3) is 12.0 Å². The molecule has 1 heterocycles. The SMILES string of the molecule is CCOC(=O)Cc1c(C(F)F)c[nH]c(=O)c1N. The lowest BCUT2D eigenvalue weighted by atomic mass is 10.1. The number of carbonyl (C=O) groups is 1. The number of nitrogens with one attached hydrogen (secondary N) is 1. The summed E-state index contributed by atoms with van der Waals surface area (Å²) >= 11 is 0. The van der Waals surface area contributed by atoms with Gasteiger partial charge in [-0.25, -0.2) is 8.78 Å². The number of ether oxygens (including phenoxy) is 1. The maximum atomic E-state index is 12.6. The Morgan fingerprint density at radius 2 is 2.24 bits per heavy atom. The predicted octanol–water partition coefficient (Wildman–Crippen LogP) is 1.00. The van der Waals surface area contributed by atoms with Crippen molar-refractivity contribution in [1.82, 2.24) is 4.98 Å². The minimum absolute atomic E-state index is 0.131. The highest BCUT2D eigenvalue weighted by molar-refractivity contribution is 5.75. The molecule has 17 heavy (non-hydrogen) atoms. The fourth-order valence-electron chi connectivity index (χ4n) is 1.35. The highest BCUT2D eigenvalue weighted by Crippen LogP contribution is 2.24. The first-order valence-electron chi connectivity index (χ1n) is 4.91. The fraction of sp³-hybridized carbons (Fsp3) is 0.400. The molecule has 0 spiro atoms. The van der Waals surface area contributed by atoms with E-state index in [1.54, 1.807) is 6.92 Å². The molecule has 1 aromatic rings. The third-order valence-electron chi connectivity index (χ3n) is 2.14. The number of pyridine rings is 1. The molecule has 7 heteroatoms. The number of aromatic nitrogens is 1. The van der Waals surface area contributed by atoms with Crippen molar-refractivity contribution in [3.05, 3.63) is 27.7 Å². The molecule has 0 radical (unpaired) electrons. The Hall–Kier alpha value is -1.92. The van der Waals surface area contributed by atoms with Crippen LogP contribution in [0, 0.1) is 0 Å². The number of nitrogen functional groups attached to an aromatic ring is 1. The molecule has 0 aliphatic rings. The largest absolute Gasteiger partial charge is 0.466 e. The number of hydrogen-bond donors (Lipinski definition) is 2. The maximum absolute atomic E-state index is 12.6. The number of nitrogens with two attached hydrogens (primary N) is 1. The molecular formula is C10H12F2N2O3. The molecule has 0 saturated carbocycles. The number of anilines is 1. The van der Waals surface area contributed by atoms with Crippen LogP contribution in [0.5, 0.6) is 0 Å². The molecule has 0 atom stereocenters. The van der Waals surface area contributed by atoms with Crippen LogP contribution in [0.2, 0.25) is 0 Å². The average Bonchev–Trinajstić information content (AvgIpc) is 2.25. The van der Waals surface area contributed by atoms with Gasteiger partial charge in [0.05, 0.1) is 13.0 Å². The van der Waals surface area contributed by atoms with Crippen LogP contribution in [-0.4, -0.2) is 17.6 Å². The first-order chi connectivity index (χ1) is 7.97. The molecule has 0 aliphatic heterocycles. The molecule has 1 rings (SSSR count). The predicted molar refractivity (Wildman–Crippen MR) is 56.8 cm³/mol. The third-order valence-corrected chi connectivity index (χ3v) is 2.14. The Morgan fingerprint density at radius 1 is 1.59 bits per heavy atom. The molecule has 0 saturated heterocycles. The molecule has 5 nitrogen and oxygen atoms in total. The summed E-state index contributed by atoms with van der Waals surface area (Å²) in [4.78, 5) is 24.5. The van der Waals surface area contributed by atoms with Crippen LogP contribution in [0.1, 0.15) is 24.5 Å². The number of esters is 1. The number of hydrogen-bond acceptors (Lipinski definition) is 4. The van der Waals surface area contributed by atoms with Crippen LogP contribution in [0.4, 0.5) is 14.5 Å². The van der Waals surface area contributed by atoms with Gasteiger partial charge in [0, 0.05) is 17.3 Å². The number of rotatable bonds is 4. The van der Waals surface area contributed by atoms with Gasteiger partial charge in [0.15, 0.2) is 0 Å². The summed E-state index contributed by atoms with van der Waals surface area (Å²) in [5.74, 6) is -0.702. The van der Waals surface area contributed by atoms with E-state index in [1.165, 1.54) is 0 Å². The summed E-state index contributed by atoms with van der Waals surface area (Å²) in [5, 5.41) is 0. The zero-order chi connectivity index (χ0) is 13.0. The number of carbonyl (C=O) groups excluding carboxylic acids is 1. The van der Waals surface area contributed by atoms with Gasteiger partial charge in [-0.3, -0.25) is 9.59 Å². The number of aromatic amines is 1. The molecule has 0 aliphatic carbocycles. The summed E-state index contributed by atoms with van der Waals surface area (Å²) in [6.45, 7) is 1.72. The van der Waals surface area contributed by atoms with E-state index in [0.717, 1.165) is 6.20 Å². The summed E-state index contributed by atoms with van der Waals surface area (Å²) < 4.78 is 29.9. The van der Waals surface area contributed by atoms with E-state index in [4.69, 9.17) is 5.73 Å². The Bertz CT molecular complexity index is 471. The van der Waals surface area contributed by atoms with E-state index in [1.807, 2.05) is 0 Å². The highest BCUT2D eigenvalue weighted by Gasteiger charge is 2.20. The minimum atomic E-state index is -2.82. The Labute approximate surface area is 95.6 Å². The topological polar surface area (TPSA) is 85.2 Å². The molecule has 94 valence electrons. The van der Waals surface area contributed by atoms with Crippen molar-refractivity contribution in [1.29, 1.82) is 0 Å². The molecule has 0 fully saturated rings. The van der Waals surface area contributed by atoms with Crippen molar-refractivity contribution in [2.75, 3.05) is 12.3 Å². The van der Waals surface area contributed by atoms with E-state index < -0.39 is 29.9 Å². The Kier molecular flexibility index (Phi) is 4.19. The quantitative estimate of drug-likeness (QED) is 0.776. The lowest BCUT2D eigenvalue weighted by Crippen LogP contribution is -2.19. The first kappa shape index (κ1) is 13.1. The van der Waals surface area contributed by atoms with Crippen molar-refractivity contribution in [2.24, 2.45) is 0 Å². The van der Waals surface area contributed by atoms with Crippen molar-refractivity contribution in [2.45, 2.75) is 19.8 Å². The monoisotopic (exact) mass is 246 g/mol. The van der Waals surface area contributed by atoms with Crippen molar-refractivity contribution < 1.29 is 18.3 Å². The van der Waals surface area contributed by atoms with Gasteiger partial charge in [-0.15, -0.1) is 0 Å². The van der Waals surface area contributed by atoms with Gasteiger partial charge < -0.3 is 15.5 Å². The molecule has 3 N–H and O–H groups in total. The second-order valence-corrected chi connectivity index (χ2v) is 3.25. The van der Waals surface area contributed by atoms with Gasteiger partial charge in [-0.1, -0.05) is 0 Å². The van der Waals surface area contributed by atoms with Gasteiger partial charge in [0.1, 0.15) is 5.69 Å². The third kappa shape index (κ3) is 3.02. The summed E-state index contributed by atoms with van der Waals surface area (Å²) in [6, 6.07) is 0. The minimum Gasteiger partial charge on any atom is -0.466 e.